The van der Waals surface area contributed by atoms with Crippen molar-refractivity contribution < 1.29 is 9.53 Å². The highest BCUT2D eigenvalue weighted by Gasteiger charge is 2.26. The Morgan fingerprint density at radius 2 is 1.83 bits per heavy atom. The molecule has 0 spiro atoms. The molecular formula is C18H27N3O2. The number of benzene rings is 1. The summed E-state index contributed by atoms with van der Waals surface area (Å²) >= 11 is 0. The molecule has 5 nitrogen and oxygen atoms in total. The van der Waals surface area contributed by atoms with Crippen LogP contribution in [0.3, 0.4) is 0 Å². The van der Waals surface area contributed by atoms with Gasteiger partial charge < -0.3 is 20.3 Å². The third kappa shape index (κ3) is 4.94. The Kier molecular flexibility index (Phi) is 5.88. The molecule has 2 saturated heterocycles. The van der Waals surface area contributed by atoms with Gasteiger partial charge in [0.1, 0.15) is 6.61 Å². The van der Waals surface area contributed by atoms with Crippen molar-refractivity contribution in [3.05, 3.63) is 35.9 Å². The lowest BCUT2D eigenvalue weighted by molar-refractivity contribution is 0.106. The largest absolute Gasteiger partial charge is 0.445 e. The quantitative estimate of drug-likeness (QED) is 0.893. The van der Waals surface area contributed by atoms with Gasteiger partial charge in [-0.1, -0.05) is 30.3 Å². The summed E-state index contributed by atoms with van der Waals surface area (Å²) in [5.74, 6) is 0. The topological polar surface area (TPSA) is 53.6 Å². The van der Waals surface area contributed by atoms with Crippen LogP contribution in [0.1, 0.15) is 31.2 Å². The molecule has 0 atom stereocenters. The van der Waals surface area contributed by atoms with E-state index in [4.69, 9.17) is 4.74 Å². The van der Waals surface area contributed by atoms with Crippen LogP contribution >= 0.6 is 0 Å². The number of rotatable bonds is 4. The first-order chi connectivity index (χ1) is 11.3. The summed E-state index contributed by atoms with van der Waals surface area (Å²) in [6.45, 7) is 4.76. The van der Waals surface area contributed by atoms with Gasteiger partial charge in [-0.15, -0.1) is 0 Å². The van der Waals surface area contributed by atoms with E-state index in [0.717, 1.165) is 50.6 Å². The molecule has 126 valence electrons. The van der Waals surface area contributed by atoms with E-state index in [1.54, 1.807) is 0 Å². The summed E-state index contributed by atoms with van der Waals surface area (Å²) in [5.41, 5.74) is 1.02. The van der Waals surface area contributed by atoms with E-state index in [0.29, 0.717) is 6.61 Å². The molecule has 0 radical (unpaired) electrons. The van der Waals surface area contributed by atoms with Crippen molar-refractivity contribution >= 4 is 6.09 Å². The second kappa shape index (κ2) is 8.31. The zero-order chi connectivity index (χ0) is 15.9. The lowest BCUT2D eigenvalue weighted by Gasteiger charge is -2.39. The first-order valence-corrected chi connectivity index (χ1v) is 8.73. The van der Waals surface area contributed by atoms with Crippen LogP contribution in [0, 0.1) is 0 Å². The molecule has 2 fully saturated rings. The maximum atomic E-state index is 11.9. The minimum absolute atomic E-state index is 0.247. The minimum Gasteiger partial charge on any atom is -0.445 e. The van der Waals surface area contributed by atoms with Crippen molar-refractivity contribution in [3.8, 4) is 0 Å². The number of nitrogens with zero attached hydrogens (tertiary/aromatic N) is 1. The van der Waals surface area contributed by atoms with E-state index in [1.165, 1.54) is 12.8 Å². The number of carbonyl (C=O) groups is 1. The van der Waals surface area contributed by atoms with Crippen molar-refractivity contribution in [1.29, 1.82) is 0 Å². The third-order valence-electron chi connectivity index (χ3n) is 4.89. The Balaban J connectivity index is 1.35. The molecule has 2 aliphatic heterocycles. The molecule has 2 heterocycles. The predicted octanol–water partition coefficient (Wildman–Crippen LogP) is 2.13. The van der Waals surface area contributed by atoms with Gasteiger partial charge in [0, 0.05) is 25.2 Å². The summed E-state index contributed by atoms with van der Waals surface area (Å²) in [6.07, 6.45) is 4.23. The van der Waals surface area contributed by atoms with Gasteiger partial charge in [-0.2, -0.15) is 0 Å². The smallest absolute Gasteiger partial charge is 0.407 e. The fourth-order valence-corrected chi connectivity index (χ4v) is 3.51. The lowest BCUT2D eigenvalue weighted by atomic mass is 9.99. The summed E-state index contributed by atoms with van der Waals surface area (Å²) in [7, 11) is 0. The van der Waals surface area contributed by atoms with E-state index in [1.807, 2.05) is 30.3 Å². The summed E-state index contributed by atoms with van der Waals surface area (Å²) in [4.78, 5) is 14.5. The van der Waals surface area contributed by atoms with Crippen molar-refractivity contribution in [2.24, 2.45) is 0 Å². The third-order valence-corrected chi connectivity index (χ3v) is 4.89. The second-order valence-corrected chi connectivity index (χ2v) is 6.50. The number of carbonyl (C=O) groups excluding carboxylic acids is 1. The Bertz CT molecular complexity index is 480. The highest BCUT2D eigenvalue weighted by atomic mass is 16.5. The highest BCUT2D eigenvalue weighted by Crippen LogP contribution is 2.18. The molecule has 0 aromatic heterocycles. The summed E-state index contributed by atoms with van der Waals surface area (Å²) < 4.78 is 5.30. The van der Waals surface area contributed by atoms with Crippen LogP contribution in [0.25, 0.3) is 0 Å². The molecule has 0 saturated carbocycles. The predicted molar refractivity (Wildman–Crippen MR) is 90.2 cm³/mol. The molecule has 1 amide bonds. The summed E-state index contributed by atoms with van der Waals surface area (Å²) in [5, 5.41) is 6.43. The number of piperidine rings is 2. The molecule has 1 aromatic carbocycles. The standard InChI is InChI=1S/C18H27N3O2/c22-18(23-14-15-4-2-1-3-5-15)20-16-8-12-21(13-9-16)17-6-10-19-11-7-17/h1-5,16-17,19H,6-14H2,(H,20,22). The number of hydrogen-bond donors (Lipinski definition) is 2. The highest BCUT2D eigenvalue weighted by molar-refractivity contribution is 5.67. The van der Waals surface area contributed by atoms with Gasteiger partial charge >= 0.3 is 6.09 Å². The number of amides is 1. The van der Waals surface area contributed by atoms with Gasteiger partial charge in [-0.3, -0.25) is 0 Å². The van der Waals surface area contributed by atoms with E-state index < -0.39 is 0 Å². The average molecular weight is 317 g/mol. The van der Waals surface area contributed by atoms with Crippen molar-refractivity contribution in [2.75, 3.05) is 26.2 Å². The van der Waals surface area contributed by atoms with Crippen LogP contribution in [0.5, 0.6) is 0 Å². The van der Waals surface area contributed by atoms with E-state index in [-0.39, 0.29) is 12.1 Å². The number of likely N-dealkylation sites (tertiary alicyclic amines) is 1. The van der Waals surface area contributed by atoms with Crippen LogP contribution in [0.15, 0.2) is 30.3 Å². The van der Waals surface area contributed by atoms with Crippen LogP contribution in [0.2, 0.25) is 0 Å². The molecule has 1 aromatic rings. The lowest BCUT2D eigenvalue weighted by Crippen LogP contribution is -2.50. The van der Waals surface area contributed by atoms with Crippen LogP contribution in [-0.2, 0) is 11.3 Å². The molecule has 0 aliphatic carbocycles. The fourth-order valence-electron chi connectivity index (χ4n) is 3.51. The minimum atomic E-state index is -0.297. The normalized spacial score (nSPS) is 21.0. The van der Waals surface area contributed by atoms with Crippen molar-refractivity contribution in [2.45, 2.75) is 44.4 Å². The molecule has 23 heavy (non-hydrogen) atoms. The van der Waals surface area contributed by atoms with Crippen LogP contribution in [0.4, 0.5) is 4.79 Å². The Hall–Kier alpha value is -1.59. The molecule has 2 N–H and O–H groups in total. The van der Waals surface area contributed by atoms with Crippen LogP contribution in [-0.4, -0.2) is 49.3 Å². The average Bonchev–Trinajstić information content (AvgIpc) is 2.62. The van der Waals surface area contributed by atoms with Gasteiger partial charge in [0.25, 0.3) is 0 Å². The second-order valence-electron chi connectivity index (χ2n) is 6.50. The number of hydrogen-bond acceptors (Lipinski definition) is 4. The van der Waals surface area contributed by atoms with Crippen molar-refractivity contribution in [3.63, 3.8) is 0 Å². The Morgan fingerprint density at radius 1 is 1.13 bits per heavy atom. The Morgan fingerprint density at radius 3 is 2.52 bits per heavy atom. The zero-order valence-corrected chi connectivity index (χ0v) is 13.7. The number of nitrogens with one attached hydrogen (secondary N) is 2. The first kappa shape index (κ1) is 16.3. The molecule has 3 rings (SSSR count). The fraction of sp³-hybridized carbons (Fsp3) is 0.611. The van der Waals surface area contributed by atoms with Crippen molar-refractivity contribution in [1.82, 2.24) is 15.5 Å². The molecule has 0 bridgehead atoms. The van der Waals surface area contributed by atoms with Crippen LogP contribution < -0.4 is 10.6 Å². The van der Waals surface area contributed by atoms with E-state index in [9.17, 15) is 4.79 Å². The maximum absolute atomic E-state index is 11.9. The summed E-state index contributed by atoms with van der Waals surface area (Å²) in [6, 6.07) is 10.8. The first-order valence-electron chi connectivity index (χ1n) is 8.73. The molecular weight excluding hydrogens is 290 g/mol. The Labute approximate surface area is 138 Å². The SMILES string of the molecule is O=C(NC1CCN(C2CCNCC2)CC1)OCc1ccccc1. The molecule has 5 heteroatoms. The van der Waals surface area contributed by atoms with Gasteiger partial charge in [0.05, 0.1) is 0 Å². The van der Waals surface area contributed by atoms with E-state index in [2.05, 4.69) is 15.5 Å². The zero-order valence-electron chi connectivity index (χ0n) is 13.7. The number of alkyl carbamates (subject to hydrolysis) is 1. The molecule has 2 aliphatic rings. The molecule has 0 unspecified atom stereocenters. The van der Waals surface area contributed by atoms with Gasteiger partial charge in [-0.25, -0.2) is 4.79 Å². The maximum Gasteiger partial charge on any atom is 0.407 e. The monoisotopic (exact) mass is 317 g/mol. The number of ether oxygens (including phenoxy) is 1. The van der Waals surface area contributed by atoms with E-state index >= 15 is 0 Å². The van der Waals surface area contributed by atoms with Gasteiger partial charge in [0.15, 0.2) is 0 Å². The van der Waals surface area contributed by atoms with Gasteiger partial charge in [-0.05, 0) is 44.3 Å². The van der Waals surface area contributed by atoms with Gasteiger partial charge in [0.2, 0.25) is 0 Å².